The maximum atomic E-state index is 14.1. The number of ether oxygens (including phenoxy) is 6. The number of Topliss-reactive ketones (excluding diaryl/α,β-unsaturated/α-hetero) is 1. The van der Waals surface area contributed by atoms with E-state index in [4.69, 9.17) is 42.0 Å². The van der Waals surface area contributed by atoms with Gasteiger partial charge in [0.15, 0.2) is 23.9 Å². The lowest BCUT2D eigenvalue weighted by molar-refractivity contribution is -0.173. The predicted octanol–water partition coefficient (Wildman–Crippen LogP) is 5.47. The van der Waals surface area contributed by atoms with Crippen molar-refractivity contribution < 1.29 is 70.5 Å². The summed E-state index contributed by atoms with van der Waals surface area (Å²) in [5, 5.41) is 2.83. The van der Waals surface area contributed by atoms with E-state index in [9.17, 15) is 28.5 Å². The van der Waals surface area contributed by atoms with E-state index in [2.05, 4.69) is 15.3 Å². The third kappa shape index (κ3) is 9.65. The first-order chi connectivity index (χ1) is 23.6. The highest BCUT2D eigenvalue weighted by molar-refractivity contribution is 7.48. The Morgan fingerprint density at radius 3 is 1.88 bits per heavy atom. The normalized spacial score (nSPS) is 24.6. The highest BCUT2D eigenvalue weighted by Gasteiger charge is 2.58. The van der Waals surface area contributed by atoms with Gasteiger partial charge in [-0.3, -0.25) is 18.4 Å². The van der Waals surface area contributed by atoms with Crippen molar-refractivity contribution in [2.24, 2.45) is 0 Å². The van der Waals surface area contributed by atoms with Gasteiger partial charge < -0.3 is 33.7 Å². The molecule has 0 radical (unpaired) electrons. The Morgan fingerprint density at radius 1 is 0.846 bits per heavy atom. The lowest BCUT2D eigenvalue weighted by Gasteiger charge is -2.48. The molecular weight excluding hydrogens is 713 g/mol. The molecule has 4 heterocycles. The molecule has 1 aromatic rings. The SMILES string of the molecule is COP1(=O)OCC2OC3C(Nc4c(OC(=O)OC(C)(C)C)nc(N(C(=O)OC(C)(C)C)C(=O)OC(C)(C)C)nc4N3C(=O)OC(C)(C)C)C(=O)C2O1. The third-order valence-corrected chi connectivity index (χ3v) is 7.92. The van der Waals surface area contributed by atoms with Crippen molar-refractivity contribution in [3.8, 4) is 5.88 Å². The molecule has 0 aromatic carbocycles. The smallest absolute Gasteiger partial charge is 0.443 e. The van der Waals surface area contributed by atoms with Crippen molar-refractivity contribution in [2.45, 2.75) is 130 Å². The average Bonchev–Trinajstić information content (AvgIpc) is 2.93. The van der Waals surface area contributed by atoms with Crippen LogP contribution >= 0.6 is 7.82 Å². The van der Waals surface area contributed by atoms with Crippen LogP contribution in [-0.2, 0) is 46.6 Å². The van der Waals surface area contributed by atoms with E-state index >= 15 is 0 Å². The molecule has 290 valence electrons. The molecule has 0 aliphatic carbocycles. The van der Waals surface area contributed by atoms with Crippen LogP contribution in [0.15, 0.2) is 0 Å². The second-order valence-corrected chi connectivity index (χ2v) is 17.5. The first-order valence-electron chi connectivity index (χ1n) is 16.2. The Balaban J connectivity index is 1.98. The topological polar surface area (TPSA) is 230 Å². The van der Waals surface area contributed by atoms with Gasteiger partial charge in [-0.2, -0.15) is 9.97 Å². The molecule has 0 bridgehead atoms. The van der Waals surface area contributed by atoms with Crippen molar-refractivity contribution in [2.75, 3.05) is 28.8 Å². The van der Waals surface area contributed by atoms with Gasteiger partial charge in [0.1, 0.15) is 40.2 Å². The number of nitrogens with zero attached hydrogens (tertiary/aromatic N) is 4. The zero-order valence-corrected chi connectivity index (χ0v) is 32.3. The van der Waals surface area contributed by atoms with Gasteiger partial charge in [-0.05, 0) is 83.1 Å². The van der Waals surface area contributed by atoms with Crippen molar-refractivity contribution in [3.63, 3.8) is 0 Å². The van der Waals surface area contributed by atoms with Gasteiger partial charge in [0.2, 0.25) is 5.95 Å². The molecule has 4 rings (SSSR count). The molecule has 0 spiro atoms. The second kappa shape index (κ2) is 14.0. The molecule has 3 aliphatic rings. The molecule has 20 nitrogen and oxygen atoms in total. The number of phosphoric ester groups is 1. The molecule has 2 fully saturated rings. The number of phosphoric acid groups is 1. The second-order valence-electron chi connectivity index (χ2n) is 15.8. The van der Waals surface area contributed by atoms with Crippen LogP contribution in [0.4, 0.5) is 36.6 Å². The van der Waals surface area contributed by atoms with Gasteiger partial charge in [-0.15, -0.1) is 4.90 Å². The molecule has 5 atom stereocenters. The van der Waals surface area contributed by atoms with E-state index in [1.54, 1.807) is 83.1 Å². The Labute approximate surface area is 300 Å². The van der Waals surface area contributed by atoms with E-state index < -0.39 is 109 Å². The molecule has 1 N–H and O–H groups in total. The number of rotatable bonds is 3. The van der Waals surface area contributed by atoms with Gasteiger partial charge in [-0.1, -0.05) is 0 Å². The maximum Gasteiger partial charge on any atom is 0.515 e. The predicted molar refractivity (Wildman–Crippen MR) is 179 cm³/mol. The molecule has 1 aromatic heterocycles. The summed E-state index contributed by atoms with van der Waals surface area (Å²) in [5.74, 6) is -2.72. The molecule has 5 unspecified atom stereocenters. The molecule has 0 saturated carbocycles. The van der Waals surface area contributed by atoms with Crippen LogP contribution in [0.5, 0.6) is 5.88 Å². The number of imide groups is 1. The van der Waals surface area contributed by atoms with Gasteiger partial charge in [0.25, 0.3) is 5.88 Å². The third-order valence-electron chi connectivity index (χ3n) is 6.53. The van der Waals surface area contributed by atoms with Crippen LogP contribution in [-0.4, -0.2) is 101 Å². The molecule has 52 heavy (non-hydrogen) atoms. The molecule has 3 amide bonds. The largest absolute Gasteiger partial charge is 0.515 e. The number of fused-ring (bicyclic) bond motifs is 3. The Morgan fingerprint density at radius 2 is 1.38 bits per heavy atom. The lowest BCUT2D eigenvalue weighted by Crippen LogP contribution is -2.68. The van der Waals surface area contributed by atoms with Crippen molar-refractivity contribution in [1.29, 1.82) is 0 Å². The highest BCUT2D eigenvalue weighted by atomic mass is 31.2. The number of carbonyl (C=O) groups is 5. The number of aromatic nitrogens is 2. The zero-order valence-electron chi connectivity index (χ0n) is 31.4. The number of hydrogen-bond donors (Lipinski definition) is 1. The first kappa shape index (κ1) is 40.7. The van der Waals surface area contributed by atoms with Crippen LogP contribution in [0.25, 0.3) is 0 Å². The number of ketones is 1. The molecular formula is C31H46N5O15P. The van der Waals surface area contributed by atoms with Crippen molar-refractivity contribution >= 4 is 55.5 Å². The molecule has 21 heteroatoms. The van der Waals surface area contributed by atoms with Crippen LogP contribution in [0.2, 0.25) is 0 Å². The summed E-state index contributed by atoms with van der Waals surface area (Å²) >= 11 is 0. The first-order valence-corrected chi connectivity index (χ1v) is 17.6. The van der Waals surface area contributed by atoms with Gasteiger partial charge >= 0.3 is 32.3 Å². The summed E-state index contributed by atoms with van der Waals surface area (Å²) in [6, 6.07) is -1.52. The Hall–Kier alpha value is -4.10. The zero-order chi connectivity index (χ0) is 39.4. The quantitative estimate of drug-likeness (QED) is 0.229. The maximum absolute atomic E-state index is 14.1. The van der Waals surface area contributed by atoms with Crippen LogP contribution in [0.3, 0.4) is 0 Å². The number of hydrogen-bond acceptors (Lipinski definition) is 18. The van der Waals surface area contributed by atoms with Crippen molar-refractivity contribution in [1.82, 2.24) is 9.97 Å². The fourth-order valence-electron chi connectivity index (χ4n) is 4.73. The standard InChI is InChI=1S/C31H46N5O15P/c1-28(2,3)47-24(38)35-20-17(32-16-18(37)19-15(45-22(16)35)14-44-52(42,43-13)51-19)21(46-27(41)50-31(10,11)12)34-23(33-20)36(25(39)48-29(4,5)6)26(40)49-30(7,8)9/h15-16,19,22,32H,14H2,1-13H3. The number of amides is 3. The Kier molecular flexibility index (Phi) is 11.0. The van der Waals surface area contributed by atoms with Gasteiger partial charge in [0, 0.05) is 7.11 Å². The summed E-state index contributed by atoms with van der Waals surface area (Å²) in [5.41, 5.74) is -4.82. The number of carbonyl (C=O) groups excluding carboxylic acids is 5. The molecule has 2 saturated heterocycles. The minimum atomic E-state index is -4.15. The van der Waals surface area contributed by atoms with Crippen molar-refractivity contribution in [3.05, 3.63) is 0 Å². The van der Waals surface area contributed by atoms with Gasteiger partial charge in [-0.25, -0.2) is 28.6 Å². The number of nitrogens with one attached hydrogen (secondary N) is 1. The Bertz CT molecular complexity index is 1630. The summed E-state index contributed by atoms with van der Waals surface area (Å²) in [7, 11) is -3.08. The van der Waals surface area contributed by atoms with E-state index in [-0.39, 0.29) is 5.69 Å². The van der Waals surface area contributed by atoms with Crippen LogP contribution < -0.4 is 19.9 Å². The average molecular weight is 760 g/mol. The fraction of sp³-hybridized carbons (Fsp3) is 0.710. The minimum Gasteiger partial charge on any atom is -0.443 e. The highest BCUT2D eigenvalue weighted by Crippen LogP contribution is 2.55. The molecule has 3 aliphatic heterocycles. The van der Waals surface area contributed by atoms with E-state index in [0.717, 1.165) is 12.0 Å². The van der Waals surface area contributed by atoms with Crippen LogP contribution in [0.1, 0.15) is 83.1 Å². The fourth-order valence-corrected chi connectivity index (χ4v) is 5.83. The van der Waals surface area contributed by atoms with E-state index in [0.29, 0.717) is 4.90 Å². The lowest BCUT2D eigenvalue weighted by atomic mass is 9.95. The van der Waals surface area contributed by atoms with E-state index in [1.807, 2.05) is 0 Å². The minimum absolute atomic E-state index is 0.339. The summed E-state index contributed by atoms with van der Waals surface area (Å²) < 4.78 is 61.8. The van der Waals surface area contributed by atoms with Gasteiger partial charge in [0.05, 0.1) is 6.61 Å². The summed E-state index contributed by atoms with van der Waals surface area (Å²) in [4.78, 5) is 78.1. The van der Waals surface area contributed by atoms with E-state index in [1.165, 1.54) is 0 Å². The summed E-state index contributed by atoms with van der Waals surface area (Å²) in [6.07, 6.45) is -9.28. The summed E-state index contributed by atoms with van der Waals surface area (Å²) in [6.45, 7) is 18.3. The van der Waals surface area contributed by atoms with Crippen LogP contribution in [0, 0.1) is 0 Å². The monoisotopic (exact) mass is 759 g/mol. The number of anilines is 3.